The SMILES string of the molecule is c1ccc(N(c2ccc(Nc3ccc(N(c4ccccc4)c4ccc5ccccc5c4)cc3)cc2)c2ccc3ccccc3c2)cc1. The predicted molar refractivity (Wildman–Crippen MR) is 201 cm³/mol. The molecule has 0 unspecified atom stereocenters. The van der Waals surface area contributed by atoms with Crippen LogP contribution in [-0.4, -0.2) is 0 Å². The van der Waals surface area contributed by atoms with Crippen molar-refractivity contribution < 1.29 is 0 Å². The Labute approximate surface area is 275 Å². The minimum absolute atomic E-state index is 1.03. The zero-order chi connectivity index (χ0) is 31.4. The summed E-state index contributed by atoms with van der Waals surface area (Å²) in [5, 5.41) is 8.52. The second-order valence-electron chi connectivity index (χ2n) is 11.6. The normalized spacial score (nSPS) is 11.0. The van der Waals surface area contributed by atoms with E-state index in [-0.39, 0.29) is 0 Å². The molecule has 0 atom stereocenters. The van der Waals surface area contributed by atoms with E-state index in [9.17, 15) is 0 Å². The first-order valence-corrected chi connectivity index (χ1v) is 15.9. The van der Waals surface area contributed by atoms with Crippen LogP contribution in [0.2, 0.25) is 0 Å². The fourth-order valence-electron chi connectivity index (χ4n) is 6.23. The van der Waals surface area contributed by atoms with Crippen molar-refractivity contribution in [1.29, 1.82) is 0 Å². The highest BCUT2D eigenvalue weighted by Crippen LogP contribution is 2.38. The van der Waals surface area contributed by atoms with Gasteiger partial charge in [0.05, 0.1) is 0 Å². The molecule has 3 nitrogen and oxygen atoms in total. The molecule has 47 heavy (non-hydrogen) atoms. The summed E-state index contributed by atoms with van der Waals surface area (Å²) in [7, 11) is 0. The van der Waals surface area contributed by atoms with Gasteiger partial charge in [-0.15, -0.1) is 0 Å². The van der Waals surface area contributed by atoms with Gasteiger partial charge >= 0.3 is 0 Å². The van der Waals surface area contributed by atoms with Crippen molar-refractivity contribution >= 4 is 67.0 Å². The number of para-hydroxylation sites is 2. The zero-order valence-corrected chi connectivity index (χ0v) is 25.9. The molecule has 3 heteroatoms. The summed E-state index contributed by atoms with van der Waals surface area (Å²) in [4.78, 5) is 4.60. The number of nitrogens with zero attached hydrogens (tertiary/aromatic N) is 2. The molecule has 0 saturated heterocycles. The zero-order valence-electron chi connectivity index (χ0n) is 25.9. The fraction of sp³-hybridized carbons (Fsp3) is 0. The smallest absolute Gasteiger partial charge is 0.0468 e. The van der Waals surface area contributed by atoms with Crippen LogP contribution in [0.4, 0.5) is 45.5 Å². The van der Waals surface area contributed by atoms with Crippen molar-refractivity contribution in [2.45, 2.75) is 0 Å². The first-order chi connectivity index (χ1) is 23.3. The van der Waals surface area contributed by atoms with Crippen molar-refractivity contribution in [1.82, 2.24) is 0 Å². The van der Waals surface area contributed by atoms with Gasteiger partial charge in [-0.3, -0.25) is 0 Å². The summed E-state index contributed by atoms with van der Waals surface area (Å²) < 4.78 is 0. The minimum Gasteiger partial charge on any atom is -0.356 e. The first-order valence-electron chi connectivity index (χ1n) is 15.9. The van der Waals surface area contributed by atoms with E-state index in [0.29, 0.717) is 0 Å². The standard InChI is InChI=1S/C44H33N3/c1-3-15-39(16-4-1)46(43-25-19-33-11-7-9-13-35(33)31-43)41-27-21-37(22-28-41)45-38-23-29-42(30-24-38)47(40-17-5-2-6-18-40)44-26-20-34-12-8-10-14-36(34)32-44/h1-32,45H. The molecule has 0 aliphatic heterocycles. The fourth-order valence-corrected chi connectivity index (χ4v) is 6.23. The molecule has 0 aliphatic rings. The molecule has 0 aromatic heterocycles. The van der Waals surface area contributed by atoms with E-state index in [0.717, 1.165) is 45.5 Å². The Kier molecular flexibility index (Phi) is 7.54. The maximum absolute atomic E-state index is 3.61. The molecule has 0 amide bonds. The molecule has 8 aromatic carbocycles. The number of benzene rings is 8. The summed E-state index contributed by atoms with van der Waals surface area (Å²) >= 11 is 0. The number of fused-ring (bicyclic) bond motifs is 2. The molecule has 0 spiro atoms. The largest absolute Gasteiger partial charge is 0.356 e. The Morgan fingerprint density at radius 1 is 0.255 bits per heavy atom. The van der Waals surface area contributed by atoms with Gasteiger partial charge in [0.25, 0.3) is 0 Å². The van der Waals surface area contributed by atoms with Gasteiger partial charge in [-0.25, -0.2) is 0 Å². The minimum atomic E-state index is 1.03. The van der Waals surface area contributed by atoms with E-state index >= 15 is 0 Å². The van der Waals surface area contributed by atoms with E-state index in [1.807, 2.05) is 0 Å². The van der Waals surface area contributed by atoms with Gasteiger partial charge in [-0.2, -0.15) is 0 Å². The Morgan fingerprint density at radius 2 is 0.574 bits per heavy atom. The monoisotopic (exact) mass is 603 g/mol. The molecule has 8 aromatic rings. The lowest BCUT2D eigenvalue weighted by molar-refractivity contribution is 1.28. The second-order valence-corrected chi connectivity index (χ2v) is 11.6. The van der Waals surface area contributed by atoms with Crippen LogP contribution in [0.25, 0.3) is 21.5 Å². The topological polar surface area (TPSA) is 18.5 Å². The molecule has 0 saturated carbocycles. The first kappa shape index (κ1) is 28.2. The Morgan fingerprint density at radius 3 is 0.979 bits per heavy atom. The van der Waals surface area contributed by atoms with Crippen LogP contribution in [0, 0.1) is 0 Å². The predicted octanol–water partition coefficient (Wildman–Crippen LogP) is 12.7. The van der Waals surface area contributed by atoms with E-state index in [4.69, 9.17) is 0 Å². The highest BCUT2D eigenvalue weighted by molar-refractivity contribution is 5.90. The van der Waals surface area contributed by atoms with Crippen LogP contribution >= 0.6 is 0 Å². The van der Waals surface area contributed by atoms with Crippen LogP contribution in [-0.2, 0) is 0 Å². The van der Waals surface area contributed by atoms with Crippen molar-refractivity contribution in [2.75, 3.05) is 15.1 Å². The van der Waals surface area contributed by atoms with Gasteiger partial charge in [0.2, 0.25) is 0 Å². The number of anilines is 8. The molecule has 224 valence electrons. The summed E-state index contributed by atoms with van der Waals surface area (Å²) in [5.41, 5.74) is 8.75. The Hall–Kier alpha value is -6.32. The van der Waals surface area contributed by atoms with Gasteiger partial charge < -0.3 is 15.1 Å². The lowest BCUT2D eigenvalue weighted by atomic mass is 10.1. The van der Waals surface area contributed by atoms with Gasteiger partial charge in [-0.05, 0) is 119 Å². The average molecular weight is 604 g/mol. The van der Waals surface area contributed by atoms with E-state index < -0.39 is 0 Å². The molecular formula is C44H33N3. The van der Waals surface area contributed by atoms with E-state index in [1.165, 1.54) is 21.5 Å². The van der Waals surface area contributed by atoms with E-state index in [2.05, 4.69) is 209 Å². The average Bonchev–Trinajstić information content (AvgIpc) is 3.14. The summed E-state index contributed by atoms with van der Waals surface area (Å²) in [6.45, 7) is 0. The molecule has 0 radical (unpaired) electrons. The number of rotatable bonds is 8. The third-order valence-corrected chi connectivity index (χ3v) is 8.55. The summed E-state index contributed by atoms with van der Waals surface area (Å²) in [6.07, 6.45) is 0. The molecule has 0 bridgehead atoms. The maximum atomic E-state index is 3.61. The van der Waals surface area contributed by atoms with Crippen LogP contribution in [0.1, 0.15) is 0 Å². The maximum Gasteiger partial charge on any atom is 0.0468 e. The van der Waals surface area contributed by atoms with Crippen LogP contribution < -0.4 is 15.1 Å². The lowest BCUT2D eigenvalue weighted by Crippen LogP contribution is -2.10. The van der Waals surface area contributed by atoms with Crippen molar-refractivity contribution in [2.24, 2.45) is 0 Å². The summed E-state index contributed by atoms with van der Waals surface area (Å²) in [6, 6.07) is 68.6. The summed E-state index contributed by atoms with van der Waals surface area (Å²) in [5.74, 6) is 0. The molecule has 0 aliphatic carbocycles. The third kappa shape index (κ3) is 5.90. The van der Waals surface area contributed by atoms with Crippen molar-refractivity contribution in [3.8, 4) is 0 Å². The van der Waals surface area contributed by atoms with Crippen molar-refractivity contribution in [3.05, 3.63) is 194 Å². The van der Waals surface area contributed by atoms with Crippen LogP contribution in [0.3, 0.4) is 0 Å². The van der Waals surface area contributed by atoms with E-state index in [1.54, 1.807) is 0 Å². The number of nitrogens with one attached hydrogen (secondary N) is 1. The highest BCUT2D eigenvalue weighted by Gasteiger charge is 2.15. The second kappa shape index (κ2) is 12.6. The van der Waals surface area contributed by atoms with Gasteiger partial charge in [-0.1, -0.05) is 97.1 Å². The molecule has 1 N–H and O–H groups in total. The molecule has 0 fully saturated rings. The number of hydrogen-bond acceptors (Lipinski definition) is 3. The third-order valence-electron chi connectivity index (χ3n) is 8.55. The number of hydrogen-bond donors (Lipinski definition) is 1. The van der Waals surface area contributed by atoms with Crippen molar-refractivity contribution in [3.63, 3.8) is 0 Å². The van der Waals surface area contributed by atoms with Crippen LogP contribution in [0.5, 0.6) is 0 Å². The Bertz CT molecular complexity index is 2100. The van der Waals surface area contributed by atoms with Gasteiger partial charge in [0, 0.05) is 45.5 Å². The molecular weight excluding hydrogens is 571 g/mol. The van der Waals surface area contributed by atoms with Gasteiger partial charge in [0.15, 0.2) is 0 Å². The lowest BCUT2D eigenvalue weighted by Gasteiger charge is -2.26. The molecule has 8 rings (SSSR count). The quantitative estimate of drug-likeness (QED) is 0.186. The van der Waals surface area contributed by atoms with Crippen LogP contribution in [0.15, 0.2) is 194 Å². The highest BCUT2D eigenvalue weighted by atomic mass is 15.1. The van der Waals surface area contributed by atoms with Gasteiger partial charge in [0.1, 0.15) is 0 Å². The Balaban J connectivity index is 1.07. The molecule has 0 heterocycles.